The molecule has 6 heteroatoms. The number of rotatable bonds is 5. The number of anilines is 1. The van der Waals surface area contributed by atoms with E-state index in [1.54, 1.807) is 6.07 Å². The number of nitrogens with one attached hydrogen (secondary N) is 1. The number of hydrogen-bond acceptors (Lipinski definition) is 4. The monoisotopic (exact) mass is 280 g/mol. The molecule has 1 atom stereocenters. The van der Waals surface area contributed by atoms with Crippen LogP contribution in [0, 0.1) is 22.5 Å². The number of hydrogen-bond donors (Lipinski definition) is 2. The number of carbonyl (C=O) groups is 1. The molecule has 110 valence electrons. The Morgan fingerprint density at radius 1 is 1.45 bits per heavy atom. The molecule has 1 unspecified atom stereocenters. The van der Waals surface area contributed by atoms with Gasteiger partial charge in [0.1, 0.15) is 0 Å². The van der Waals surface area contributed by atoms with Crippen LogP contribution in [0.5, 0.6) is 0 Å². The van der Waals surface area contributed by atoms with Gasteiger partial charge in [0.25, 0.3) is 5.69 Å². The SMILES string of the molecule is Cc1ccc([N+](=O)[O-])cc1NC(CC(=O)O)C(C)(C)C. The molecule has 1 rings (SSSR count). The first kappa shape index (κ1) is 15.9. The number of nitro benzene ring substituents is 1. The summed E-state index contributed by atoms with van der Waals surface area (Å²) in [6.07, 6.45) is -0.0500. The number of nitrogens with zero attached hydrogens (tertiary/aromatic N) is 1. The fraction of sp³-hybridized carbons (Fsp3) is 0.500. The first-order valence-electron chi connectivity index (χ1n) is 6.34. The van der Waals surface area contributed by atoms with Crippen molar-refractivity contribution in [3.8, 4) is 0 Å². The molecule has 0 aliphatic carbocycles. The lowest BCUT2D eigenvalue weighted by Gasteiger charge is -2.31. The van der Waals surface area contributed by atoms with Crippen molar-refractivity contribution in [2.24, 2.45) is 5.41 Å². The molecule has 0 saturated carbocycles. The zero-order chi connectivity index (χ0) is 15.5. The molecule has 0 bridgehead atoms. The van der Waals surface area contributed by atoms with E-state index in [-0.39, 0.29) is 23.6 Å². The Balaban J connectivity index is 3.07. The minimum Gasteiger partial charge on any atom is -0.481 e. The fourth-order valence-corrected chi connectivity index (χ4v) is 1.82. The molecule has 20 heavy (non-hydrogen) atoms. The number of aryl methyl sites for hydroxylation is 1. The van der Waals surface area contributed by atoms with E-state index in [1.165, 1.54) is 12.1 Å². The average Bonchev–Trinajstić information content (AvgIpc) is 2.28. The van der Waals surface area contributed by atoms with E-state index in [0.29, 0.717) is 5.69 Å². The molecule has 1 aromatic rings. The smallest absolute Gasteiger partial charge is 0.305 e. The van der Waals surface area contributed by atoms with Gasteiger partial charge in [0.2, 0.25) is 0 Å². The van der Waals surface area contributed by atoms with E-state index >= 15 is 0 Å². The summed E-state index contributed by atoms with van der Waals surface area (Å²) >= 11 is 0. The minimum atomic E-state index is -0.902. The molecular weight excluding hydrogens is 260 g/mol. The minimum absolute atomic E-state index is 0.0129. The van der Waals surface area contributed by atoms with Crippen molar-refractivity contribution in [2.75, 3.05) is 5.32 Å². The van der Waals surface area contributed by atoms with E-state index in [2.05, 4.69) is 5.32 Å². The molecule has 0 radical (unpaired) electrons. The fourth-order valence-electron chi connectivity index (χ4n) is 1.82. The maximum absolute atomic E-state index is 11.0. The topological polar surface area (TPSA) is 92.5 Å². The van der Waals surface area contributed by atoms with Crippen LogP contribution in [0.1, 0.15) is 32.8 Å². The quantitative estimate of drug-likeness (QED) is 0.638. The highest BCUT2D eigenvalue weighted by molar-refractivity contribution is 5.69. The third-order valence-electron chi connectivity index (χ3n) is 3.19. The number of carboxylic acids is 1. The Morgan fingerprint density at radius 3 is 2.50 bits per heavy atom. The normalized spacial score (nSPS) is 12.8. The van der Waals surface area contributed by atoms with Gasteiger partial charge in [-0.1, -0.05) is 26.8 Å². The summed E-state index contributed by atoms with van der Waals surface area (Å²) in [6.45, 7) is 7.62. The molecule has 0 saturated heterocycles. The first-order chi connectivity index (χ1) is 9.11. The van der Waals surface area contributed by atoms with E-state index in [1.807, 2.05) is 27.7 Å². The van der Waals surface area contributed by atoms with E-state index in [9.17, 15) is 14.9 Å². The van der Waals surface area contributed by atoms with E-state index in [0.717, 1.165) is 5.56 Å². The van der Waals surface area contributed by atoms with Crippen molar-refractivity contribution in [1.29, 1.82) is 0 Å². The first-order valence-corrected chi connectivity index (χ1v) is 6.34. The highest BCUT2D eigenvalue weighted by atomic mass is 16.6. The molecule has 0 heterocycles. The van der Waals surface area contributed by atoms with Crippen LogP contribution in [0.15, 0.2) is 18.2 Å². The number of aliphatic carboxylic acids is 1. The highest BCUT2D eigenvalue weighted by Crippen LogP contribution is 2.29. The van der Waals surface area contributed by atoms with Crippen molar-refractivity contribution >= 4 is 17.3 Å². The second-order valence-electron chi connectivity index (χ2n) is 5.92. The summed E-state index contributed by atoms with van der Waals surface area (Å²) < 4.78 is 0. The van der Waals surface area contributed by atoms with Gasteiger partial charge < -0.3 is 10.4 Å². The highest BCUT2D eigenvalue weighted by Gasteiger charge is 2.27. The largest absolute Gasteiger partial charge is 0.481 e. The molecule has 0 aliphatic rings. The van der Waals surface area contributed by atoms with Crippen LogP contribution in [-0.4, -0.2) is 22.0 Å². The summed E-state index contributed by atoms with van der Waals surface area (Å²) in [4.78, 5) is 21.3. The average molecular weight is 280 g/mol. The number of benzene rings is 1. The summed E-state index contributed by atoms with van der Waals surface area (Å²) in [7, 11) is 0. The van der Waals surface area contributed by atoms with Crippen LogP contribution >= 0.6 is 0 Å². The summed E-state index contributed by atoms with van der Waals surface area (Å²) in [5.74, 6) is -0.902. The van der Waals surface area contributed by atoms with Crippen molar-refractivity contribution in [2.45, 2.75) is 40.2 Å². The Morgan fingerprint density at radius 2 is 2.05 bits per heavy atom. The van der Waals surface area contributed by atoms with Crippen LogP contribution in [0.4, 0.5) is 11.4 Å². The van der Waals surface area contributed by atoms with Crippen molar-refractivity contribution in [1.82, 2.24) is 0 Å². The van der Waals surface area contributed by atoms with Gasteiger partial charge in [0.15, 0.2) is 0 Å². The predicted octanol–water partition coefficient (Wildman–Crippen LogP) is 3.20. The number of carboxylic acid groups (broad SMARTS) is 1. The van der Waals surface area contributed by atoms with Gasteiger partial charge in [-0.3, -0.25) is 14.9 Å². The van der Waals surface area contributed by atoms with Crippen molar-refractivity contribution < 1.29 is 14.8 Å². The maximum Gasteiger partial charge on any atom is 0.305 e. The molecule has 0 aliphatic heterocycles. The number of non-ortho nitro benzene ring substituents is 1. The Hall–Kier alpha value is -2.11. The molecule has 2 N–H and O–H groups in total. The lowest BCUT2D eigenvalue weighted by atomic mass is 9.84. The van der Waals surface area contributed by atoms with Gasteiger partial charge >= 0.3 is 5.97 Å². The molecule has 0 spiro atoms. The molecule has 0 fully saturated rings. The standard InChI is InChI=1S/C14H20N2O4/c1-9-5-6-10(16(19)20)7-11(9)15-12(8-13(17)18)14(2,3)4/h5-7,12,15H,8H2,1-4H3,(H,17,18). The van der Waals surface area contributed by atoms with Gasteiger partial charge in [-0.15, -0.1) is 0 Å². The van der Waals surface area contributed by atoms with Gasteiger partial charge in [0.05, 0.1) is 11.3 Å². The zero-order valence-corrected chi connectivity index (χ0v) is 12.1. The van der Waals surface area contributed by atoms with Crippen LogP contribution in [0.3, 0.4) is 0 Å². The van der Waals surface area contributed by atoms with E-state index < -0.39 is 10.9 Å². The zero-order valence-electron chi connectivity index (χ0n) is 12.1. The Bertz CT molecular complexity index is 520. The summed E-state index contributed by atoms with van der Waals surface area (Å²) in [6, 6.07) is 4.21. The predicted molar refractivity (Wildman–Crippen MR) is 77.0 cm³/mol. The lowest BCUT2D eigenvalue weighted by Crippen LogP contribution is -2.36. The second kappa shape index (κ2) is 5.90. The summed E-state index contributed by atoms with van der Waals surface area (Å²) in [5.41, 5.74) is 1.15. The second-order valence-corrected chi connectivity index (χ2v) is 5.92. The summed E-state index contributed by atoms with van der Waals surface area (Å²) in [5, 5.41) is 22.9. The molecule has 0 aromatic heterocycles. The van der Waals surface area contributed by atoms with Crippen LogP contribution in [0.25, 0.3) is 0 Å². The van der Waals surface area contributed by atoms with Crippen LogP contribution in [-0.2, 0) is 4.79 Å². The Labute approximate surface area is 118 Å². The van der Waals surface area contributed by atoms with Gasteiger partial charge in [0, 0.05) is 23.9 Å². The van der Waals surface area contributed by atoms with Gasteiger partial charge in [-0.05, 0) is 17.9 Å². The molecule has 6 nitrogen and oxygen atoms in total. The van der Waals surface area contributed by atoms with E-state index in [4.69, 9.17) is 5.11 Å². The maximum atomic E-state index is 11.0. The van der Waals surface area contributed by atoms with Crippen LogP contribution in [0.2, 0.25) is 0 Å². The van der Waals surface area contributed by atoms with Gasteiger partial charge in [-0.25, -0.2) is 0 Å². The number of nitro groups is 1. The lowest BCUT2D eigenvalue weighted by molar-refractivity contribution is -0.384. The Kier molecular flexibility index (Phi) is 4.70. The molecular formula is C14H20N2O4. The molecule has 0 amide bonds. The third-order valence-corrected chi connectivity index (χ3v) is 3.19. The molecule has 1 aromatic carbocycles. The van der Waals surface area contributed by atoms with Crippen molar-refractivity contribution in [3.05, 3.63) is 33.9 Å². The van der Waals surface area contributed by atoms with Crippen LogP contribution < -0.4 is 5.32 Å². The van der Waals surface area contributed by atoms with Crippen molar-refractivity contribution in [3.63, 3.8) is 0 Å². The third kappa shape index (κ3) is 4.22. The van der Waals surface area contributed by atoms with Gasteiger partial charge in [-0.2, -0.15) is 0 Å².